The molecule has 0 radical (unpaired) electrons. The molecule has 2 aromatic carbocycles. The Labute approximate surface area is 156 Å². The highest BCUT2D eigenvalue weighted by Gasteiger charge is 2.32. The van der Waals surface area contributed by atoms with Gasteiger partial charge in [-0.15, -0.1) is 0 Å². The van der Waals surface area contributed by atoms with Crippen molar-refractivity contribution in [2.45, 2.75) is 58.4 Å². The Morgan fingerprint density at radius 2 is 1.62 bits per heavy atom. The predicted octanol–water partition coefficient (Wildman–Crippen LogP) is 6.17. The summed E-state index contributed by atoms with van der Waals surface area (Å²) >= 11 is 0. The molecule has 1 aliphatic rings. The molecule has 3 heteroatoms. The van der Waals surface area contributed by atoms with Gasteiger partial charge in [-0.3, -0.25) is 0 Å². The summed E-state index contributed by atoms with van der Waals surface area (Å²) in [5.41, 5.74) is 3.31. The van der Waals surface area contributed by atoms with Gasteiger partial charge in [-0.2, -0.15) is 0 Å². The summed E-state index contributed by atoms with van der Waals surface area (Å²) in [6, 6.07) is 16.1. The molecule has 26 heavy (non-hydrogen) atoms. The maximum Gasteiger partial charge on any atom is 0.413 e. The van der Waals surface area contributed by atoms with Crippen LogP contribution in [-0.4, -0.2) is 6.09 Å². The van der Waals surface area contributed by atoms with Gasteiger partial charge >= 0.3 is 6.09 Å². The molecule has 1 amide bonds. The largest absolute Gasteiger partial charge is 0.413 e. The Hall–Kier alpha value is -2.29. The number of hydrogen-bond acceptors (Lipinski definition) is 2. The highest BCUT2D eigenvalue weighted by atomic mass is 16.6. The first-order chi connectivity index (χ1) is 12.5. The molecule has 2 aromatic rings. The van der Waals surface area contributed by atoms with Gasteiger partial charge in [-0.1, -0.05) is 69.3 Å². The van der Waals surface area contributed by atoms with Gasteiger partial charge in [-0.25, -0.2) is 4.79 Å². The zero-order valence-electron chi connectivity index (χ0n) is 16.2. The summed E-state index contributed by atoms with van der Waals surface area (Å²) in [5.74, 6) is 2.18. The molecule has 0 aliphatic heterocycles. The number of para-hydroxylation sites is 1. The van der Waals surface area contributed by atoms with Crippen LogP contribution in [-0.2, 0) is 0 Å². The van der Waals surface area contributed by atoms with Gasteiger partial charge in [0.2, 0.25) is 0 Å². The summed E-state index contributed by atoms with van der Waals surface area (Å²) < 4.78 is 5.88. The van der Waals surface area contributed by atoms with Crippen molar-refractivity contribution in [3.63, 3.8) is 0 Å². The van der Waals surface area contributed by atoms with Crippen LogP contribution in [0.4, 0.5) is 4.79 Å². The number of nitrogens with one attached hydrogen (secondary N) is 1. The summed E-state index contributed by atoms with van der Waals surface area (Å²) in [6.45, 7) is 8.49. The molecule has 1 fully saturated rings. The van der Waals surface area contributed by atoms with Crippen LogP contribution in [0.15, 0.2) is 48.5 Å². The molecule has 0 bridgehead atoms. The molecule has 138 valence electrons. The second-order valence-electron chi connectivity index (χ2n) is 7.71. The van der Waals surface area contributed by atoms with Crippen molar-refractivity contribution in [3.8, 4) is 5.75 Å². The van der Waals surface area contributed by atoms with Crippen molar-refractivity contribution in [1.29, 1.82) is 0 Å². The number of carbonyl (C=O) groups excluding carboxylic acids is 1. The van der Waals surface area contributed by atoms with Gasteiger partial charge in [0.1, 0.15) is 5.75 Å². The first-order valence-corrected chi connectivity index (χ1v) is 9.63. The lowest BCUT2D eigenvalue weighted by atomic mass is 9.90. The van der Waals surface area contributed by atoms with Crippen LogP contribution in [0, 0.1) is 5.92 Å². The molecule has 2 atom stereocenters. The van der Waals surface area contributed by atoms with Gasteiger partial charge in [0.05, 0.1) is 6.04 Å². The fourth-order valence-corrected chi connectivity index (χ4v) is 3.48. The van der Waals surface area contributed by atoms with Crippen molar-refractivity contribution >= 4 is 6.09 Å². The van der Waals surface area contributed by atoms with Crippen LogP contribution in [0.2, 0.25) is 0 Å². The van der Waals surface area contributed by atoms with Crippen molar-refractivity contribution < 1.29 is 9.53 Å². The Morgan fingerprint density at radius 1 is 0.962 bits per heavy atom. The highest BCUT2D eigenvalue weighted by Crippen LogP contribution is 2.46. The molecule has 0 saturated heterocycles. The number of ether oxygens (including phenoxy) is 1. The number of rotatable bonds is 6. The minimum absolute atomic E-state index is 0.0979. The monoisotopic (exact) mass is 351 g/mol. The predicted molar refractivity (Wildman–Crippen MR) is 106 cm³/mol. The van der Waals surface area contributed by atoms with Crippen LogP contribution in [0.3, 0.4) is 0 Å². The van der Waals surface area contributed by atoms with Crippen molar-refractivity contribution in [2.24, 2.45) is 5.92 Å². The molecule has 1 saturated carbocycles. The third-order valence-corrected chi connectivity index (χ3v) is 5.35. The molecule has 0 heterocycles. The van der Waals surface area contributed by atoms with Gasteiger partial charge in [0, 0.05) is 0 Å². The van der Waals surface area contributed by atoms with Crippen LogP contribution in [0.1, 0.15) is 75.1 Å². The van der Waals surface area contributed by atoms with Gasteiger partial charge in [0.15, 0.2) is 0 Å². The average molecular weight is 351 g/mol. The molecule has 1 N–H and O–H groups in total. The van der Waals surface area contributed by atoms with Crippen LogP contribution >= 0.6 is 0 Å². The number of benzene rings is 2. The van der Waals surface area contributed by atoms with E-state index in [0.29, 0.717) is 17.8 Å². The molecule has 3 rings (SSSR count). The van der Waals surface area contributed by atoms with E-state index < -0.39 is 6.09 Å². The maximum atomic E-state index is 12.6. The summed E-state index contributed by atoms with van der Waals surface area (Å²) in [4.78, 5) is 12.6. The summed E-state index contributed by atoms with van der Waals surface area (Å²) in [6.07, 6.45) is 2.15. The number of carbonyl (C=O) groups is 1. The molecular formula is C23H29NO2. The molecule has 3 nitrogen and oxygen atoms in total. The first-order valence-electron chi connectivity index (χ1n) is 9.63. The van der Waals surface area contributed by atoms with E-state index in [-0.39, 0.29) is 6.04 Å². The molecular weight excluding hydrogens is 322 g/mol. The lowest BCUT2D eigenvalue weighted by Gasteiger charge is -2.22. The van der Waals surface area contributed by atoms with E-state index in [1.54, 1.807) is 0 Å². The summed E-state index contributed by atoms with van der Waals surface area (Å²) in [5, 5.41) is 2.96. The Balaban J connectivity index is 1.80. The van der Waals surface area contributed by atoms with Crippen LogP contribution in [0.5, 0.6) is 5.75 Å². The standard InChI is InChI=1S/C23H29NO2/c1-15(2)20-11-8-12-21(16(3)18-13-14-18)22(20)26-23(25)24-17(4)19-9-6-5-7-10-19/h5-12,15-18H,13-14H2,1-4H3,(H,24,25)/t16-,17+/m1/s1. The quantitative estimate of drug-likeness (QED) is 0.675. The molecule has 0 unspecified atom stereocenters. The zero-order chi connectivity index (χ0) is 18.7. The van der Waals surface area contributed by atoms with E-state index in [2.05, 4.69) is 44.3 Å². The first kappa shape index (κ1) is 18.5. The Morgan fingerprint density at radius 3 is 2.23 bits per heavy atom. The van der Waals surface area contributed by atoms with E-state index in [1.807, 2.05) is 37.3 Å². The van der Waals surface area contributed by atoms with Gasteiger partial charge < -0.3 is 10.1 Å². The second kappa shape index (κ2) is 7.94. The van der Waals surface area contributed by atoms with E-state index in [9.17, 15) is 4.79 Å². The third kappa shape index (κ3) is 4.27. The lowest BCUT2D eigenvalue weighted by molar-refractivity contribution is 0.195. The Kier molecular flexibility index (Phi) is 5.65. The maximum absolute atomic E-state index is 12.6. The average Bonchev–Trinajstić information content (AvgIpc) is 3.47. The lowest BCUT2D eigenvalue weighted by Crippen LogP contribution is -2.30. The molecule has 0 aromatic heterocycles. The van der Waals surface area contributed by atoms with Gasteiger partial charge in [0.25, 0.3) is 0 Å². The Bertz CT molecular complexity index is 750. The number of hydrogen-bond donors (Lipinski definition) is 1. The zero-order valence-corrected chi connectivity index (χ0v) is 16.2. The van der Waals surface area contributed by atoms with E-state index in [0.717, 1.165) is 22.4 Å². The normalized spacial score (nSPS) is 16.2. The molecule has 1 aliphatic carbocycles. The van der Waals surface area contributed by atoms with E-state index in [1.165, 1.54) is 12.8 Å². The molecule has 0 spiro atoms. The van der Waals surface area contributed by atoms with Crippen molar-refractivity contribution in [3.05, 3.63) is 65.2 Å². The summed E-state index contributed by atoms with van der Waals surface area (Å²) in [7, 11) is 0. The van der Waals surface area contributed by atoms with Gasteiger partial charge in [-0.05, 0) is 54.2 Å². The van der Waals surface area contributed by atoms with E-state index >= 15 is 0 Å². The fourth-order valence-electron chi connectivity index (χ4n) is 3.48. The second-order valence-corrected chi connectivity index (χ2v) is 7.71. The highest BCUT2D eigenvalue weighted by molar-refractivity contribution is 5.72. The third-order valence-electron chi connectivity index (χ3n) is 5.35. The van der Waals surface area contributed by atoms with Crippen molar-refractivity contribution in [1.82, 2.24) is 5.32 Å². The van der Waals surface area contributed by atoms with E-state index in [4.69, 9.17) is 4.74 Å². The van der Waals surface area contributed by atoms with Crippen LogP contribution < -0.4 is 10.1 Å². The number of amides is 1. The SMILES string of the molecule is CC(C)c1cccc([C@H](C)C2CC2)c1OC(=O)N[C@@H](C)c1ccccc1. The minimum Gasteiger partial charge on any atom is -0.410 e. The minimum atomic E-state index is -0.390. The fraction of sp³-hybridized carbons (Fsp3) is 0.435. The van der Waals surface area contributed by atoms with Crippen LogP contribution in [0.25, 0.3) is 0 Å². The topological polar surface area (TPSA) is 38.3 Å². The smallest absolute Gasteiger partial charge is 0.410 e. The van der Waals surface area contributed by atoms with Crippen molar-refractivity contribution in [2.75, 3.05) is 0 Å².